The second kappa shape index (κ2) is 7.48. The van der Waals surface area contributed by atoms with Crippen molar-refractivity contribution in [2.24, 2.45) is 0 Å². The first-order valence-electron chi connectivity index (χ1n) is 9.41. The summed E-state index contributed by atoms with van der Waals surface area (Å²) in [4.78, 5) is 29.4. The number of carbonyl (C=O) groups is 1. The van der Waals surface area contributed by atoms with Crippen LogP contribution in [-0.2, 0) is 22.7 Å². The van der Waals surface area contributed by atoms with Crippen LogP contribution in [0.4, 0.5) is 0 Å². The molecule has 2 aliphatic rings. The van der Waals surface area contributed by atoms with Gasteiger partial charge in [-0.15, -0.1) is 0 Å². The minimum atomic E-state index is -3.08. The highest BCUT2D eigenvalue weighted by molar-refractivity contribution is 8.00. The van der Waals surface area contributed by atoms with Gasteiger partial charge in [0.2, 0.25) is 0 Å². The van der Waals surface area contributed by atoms with Crippen LogP contribution in [0.25, 0.3) is 0 Å². The number of sulfone groups is 1. The van der Waals surface area contributed by atoms with E-state index in [9.17, 15) is 18.0 Å². The van der Waals surface area contributed by atoms with E-state index in [1.165, 1.54) is 11.8 Å². The Kier molecular flexibility index (Phi) is 5.18. The highest BCUT2D eigenvalue weighted by atomic mass is 32.2. The molecule has 1 aromatic carbocycles. The molecule has 1 atom stereocenters. The maximum Gasteiger partial charge on any atom is 0.349 e. The molecule has 1 fully saturated rings. The van der Waals surface area contributed by atoms with Crippen LogP contribution in [0.3, 0.4) is 0 Å². The van der Waals surface area contributed by atoms with E-state index < -0.39 is 15.5 Å². The monoisotopic (exact) mass is 418 g/mol. The van der Waals surface area contributed by atoms with E-state index in [-0.39, 0.29) is 29.1 Å². The number of rotatable bonds is 5. The number of thioether (sulfide) groups is 1. The van der Waals surface area contributed by atoms with Gasteiger partial charge in [-0.25, -0.2) is 13.2 Å². The summed E-state index contributed by atoms with van der Waals surface area (Å²) in [6, 6.07) is 7.13. The zero-order valence-corrected chi connectivity index (χ0v) is 17.3. The molecule has 0 bridgehead atoms. The smallest absolute Gasteiger partial charge is 0.293 e. The molecule has 1 aliphatic carbocycles. The van der Waals surface area contributed by atoms with Gasteiger partial charge in [-0.1, -0.05) is 41.6 Å². The van der Waals surface area contributed by atoms with Crippen molar-refractivity contribution in [3.8, 4) is 0 Å². The third-order valence-electron chi connectivity index (χ3n) is 5.43. The molecule has 0 radical (unpaired) electrons. The lowest BCUT2D eigenvalue weighted by atomic mass is 10.1. The molecule has 1 aliphatic heterocycles. The number of fused-ring (bicyclic) bond motifs is 1. The van der Waals surface area contributed by atoms with Gasteiger partial charge in [0.15, 0.2) is 15.6 Å². The van der Waals surface area contributed by atoms with Crippen molar-refractivity contribution in [2.75, 3.05) is 17.3 Å². The SMILES string of the molecule is Cc1ccc(C(=O)CSc2nc(=O)n([C@H]3CCS(=O)(=O)C3)c3c2CCC3)cc1. The predicted octanol–water partition coefficient (Wildman–Crippen LogP) is 2.38. The normalized spacial score (nSPS) is 20.2. The minimum Gasteiger partial charge on any atom is -0.293 e. The molecule has 0 amide bonds. The van der Waals surface area contributed by atoms with E-state index in [1.54, 1.807) is 4.57 Å². The van der Waals surface area contributed by atoms with Crippen LogP contribution in [0.1, 0.15) is 46.1 Å². The highest BCUT2D eigenvalue weighted by Crippen LogP contribution is 2.33. The summed E-state index contributed by atoms with van der Waals surface area (Å²) < 4.78 is 25.3. The summed E-state index contributed by atoms with van der Waals surface area (Å²) in [5, 5.41) is 0.620. The van der Waals surface area contributed by atoms with Crippen molar-refractivity contribution >= 4 is 27.4 Å². The summed E-state index contributed by atoms with van der Waals surface area (Å²) in [5.74, 6) is 0.369. The topological polar surface area (TPSA) is 86.1 Å². The molecule has 0 saturated carbocycles. The van der Waals surface area contributed by atoms with Gasteiger partial charge in [-0.2, -0.15) is 4.98 Å². The zero-order valence-electron chi connectivity index (χ0n) is 15.7. The van der Waals surface area contributed by atoms with Gasteiger partial charge in [0.1, 0.15) is 5.03 Å². The Labute approximate surface area is 168 Å². The second-order valence-electron chi connectivity index (χ2n) is 7.48. The summed E-state index contributed by atoms with van der Waals surface area (Å²) in [5.41, 5.74) is 3.27. The molecular weight excluding hydrogens is 396 g/mol. The number of aromatic nitrogens is 2. The van der Waals surface area contributed by atoms with Crippen LogP contribution in [-0.4, -0.2) is 41.0 Å². The number of aryl methyl sites for hydroxylation is 1. The van der Waals surface area contributed by atoms with Gasteiger partial charge in [0.05, 0.1) is 23.3 Å². The van der Waals surface area contributed by atoms with Gasteiger partial charge in [-0.3, -0.25) is 9.36 Å². The Morgan fingerprint density at radius 1 is 1.25 bits per heavy atom. The summed E-state index contributed by atoms with van der Waals surface area (Å²) in [7, 11) is -3.08. The van der Waals surface area contributed by atoms with Crippen molar-refractivity contribution < 1.29 is 13.2 Å². The molecule has 6 nitrogen and oxygen atoms in total. The average molecular weight is 419 g/mol. The lowest BCUT2D eigenvalue weighted by molar-refractivity contribution is 0.102. The molecule has 8 heteroatoms. The van der Waals surface area contributed by atoms with E-state index in [2.05, 4.69) is 4.98 Å². The largest absolute Gasteiger partial charge is 0.349 e. The van der Waals surface area contributed by atoms with Crippen LogP contribution in [0, 0.1) is 6.92 Å². The molecule has 28 heavy (non-hydrogen) atoms. The molecule has 1 saturated heterocycles. The fourth-order valence-electron chi connectivity index (χ4n) is 3.98. The number of hydrogen-bond acceptors (Lipinski definition) is 6. The number of carbonyl (C=O) groups excluding carboxylic acids is 1. The van der Waals surface area contributed by atoms with Crippen LogP contribution in [0.15, 0.2) is 34.1 Å². The van der Waals surface area contributed by atoms with Crippen molar-refractivity contribution in [3.05, 3.63) is 57.1 Å². The van der Waals surface area contributed by atoms with Crippen molar-refractivity contribution in [1.82, 2.24) is 9.55 Å². The van der Waals surface area contributed by atoms with Crippen LogP contribution in [0.2, 0.25) is 0 Å². The molecule has 0 N–H and O–H groups in total. The Bertz CT molecular complexity index is 1090. The third-order valence-corrected chi connectivity index (χ3v) is 8.20. The van der Waals surface area contributed by atoms with Gasteiger partial charge < -0.3 is 0 Å². The first-order valence-corrected chi connectivity index (χ1v) is 12.2. The Morgan fingerprint density at radius 3 is 2.68 bits per heavy atom. The van der Waals surface area contributed by atoms with E-state index in [4.69, 9.17) is 0 Å². The van der Waals surface area contributed by atoms with Crippen molar-refractivity contribution in [1.29, 1.82) is 0 Å². The van der Waals surface area contributed by atoms with E-state index in [0.29, 0.717) is 17.0 Å². The first-order chi connectivity index (χ1) is 13.3. The van der Waals surface area contributed by atoms with Crippen molar-refractivity contribution in [3.63, 3.8) is 0 Å². The zero-order chi connectivity index (χ0) is 19.9. The minimum absolute atomic E-state index is 0.00427. The molecule has 0 unspecified atom stereocenters. The number of ketones is 1. The van der Waals surface area contributed by atoms with Crippen LogP contribution >= 0.6 is 11.8 Å². The van der Waals surface area contributed by atoms with E-state index >= 15 is 0 Å². The number of benzene rings is 1. The maximum absolute atomic E-state index is 12.7. The average Bonchev–Trinajstić information content (AvgIpc) is 3.26. The summed E-state index contributed by atoms with van der Waals surface area (Å²) in [6.45, 7) is 1.97. The molecule has 148 valence electrons. The number of nitrogens with zero attached hydrogens (tertiary/aromatic N) is 2. The van der Waals surface area contributed by atoms with Crippen molar-refractivity contribution in [2.45, 2.75) is 43.7 Å². The summed E-state index contributed by atoms with van der Waals surface area (Å²) in [6.07, 6.45) is 2.94. The molecule has 2 aromatic rings. The van der Waals surface area contributed by atoms with Gasteiger partial charge in [0, 0.05) is 16.8 Å². The molecule has 1 aromatic heterocycles. The maximum atomic E-state index is 12.7. The lowest BCUT2D eigenvalue weighted by Gasteiger charge is -2.18. The Morgan fingerprint density at radius 2 is 2.00 bits per heavy atom. The van der Waals surface area contributed by atoms with Crippen LogP contribution in [0.5, 0.6) is 0 Å². The predicted molar refractivity (Wildman–Crippen MR) is 109 cm³/mol. The molecule has 4 rings (SSSR count). The number of hydrogen-bond donors (Lipinski definition) is 0. The lowest BCUT2D eigenvalue weighted by Crippen LogP contribution is -2.31. The van der Waals surface area contributed by atoms with E-state index in [0.717, 1.165) is 36.1 Å². The highest BCUT2D eigenvalue weighted by Gasteiger charge is 2.33. The Balaban J connectivity index is 1.58. The van der Waals surface area contributed by atoms with Gasteiger partial charge in [-0.05, 0) is 32.6 Å². The molecule has 0 spiro atoms. The Hall–Kier alpha value is -1.93. The molecular formula is C20H22N2O4S2. The van der Waals surface area contributed by atoms with Crippen LogP contribution < -0.4 is 5.69 Å². The molecule has 2 heterocycles. The second-order valence-corrected chi connectivity index (χ2v) is 10.7. The number of Topliss-reactive ketones (excluding diaryl/α,β-unsaturated/α-hetero) is 1. The third kappa shape index (κ3) is 3.80. The van der Waals surface area contributed by atoms with E-state index in [1.807, 2.05) is 31.2 Å². The fourth-order valence-corrected chi connectivity index (χ4v) is 6.65. The quantitative estimate of drug-likeness (QED) is 0.421. The fraction of sp³-hybridized carbons (Fsp3) is 0.450. The van der Waals surface area contributed by atoms with Gasteiger partial charge >= 0.3 is 5.69 Å². The summed E-state index contributed by atoms with van der Waals surface area (Å²) >= 11 is 1.31. The van der Waals surface area contributed by atoms with Gasteiger partial charge in [0.25, 0.3) is 0 Å². The first kappa shape index (κ1) is 19.4. The standard InChI is InChI=1S/C20H22N2O4S2/c1-13-5-7-14(8-6-13)18(23)11-27-19-16-3-2-4-17(16)22(20(24)21-19)15-9-10-28(25,26)12-15/h5-8,15H,2-4,9-12H2,1H3/t15-/m0/s1.